The summed E-state index contributed by atoms with van der Waals surface area (Å²) in [6.07, 6.45) is 7.27. The standard InChI is InChI=1S/C22H25N5O/c1-3-18-22(28)26(2)19-13-23-20(17-12-14-8-4-7-11-16(14)24-17)25-21(19)27(18)15-9-5-6-10-15/h4,7-8,11-13,15,18,24H,3,5-6,9-10H2,1-2H3. The number of carbonyl (C=O) groups excluding carboxylic acids is 1. The van der Waals surface area contributed by atoms with Gasteiger partial charge in [0.05, 0.1) is 11.9 Å². The van der Waals surface area contributed by atoms with E-state index in [1.54, 1.807) is 11.1 Å². The first-order valence-corrected chi connectivity index (χ1v) is 10.2. The molecule has 1 aromatic carbocycles. The zero-order chi connectivity index (χ0) is 19.3. The van der Waals surface area contributed by atoms with Gasteiger partial charge in [-0.3, -0.25) is 4.79 Å². The van der Waals surface area contributed by atoms with Gasteiger partial charge in [0.15, 0.2) is 11.6 Å². The zero-order valence-corrected chi connectivity index (χ0v) is 16.4. The highest BCUT2D eigenvalue weighted by molar-refractivity contribution is 6.04. The van der Waals surface area contributed by atoms with Gasteiger partial charge in [-0.15, -0.1) is 0 Å². The summed E-state index contributed by atoms with van der Waals surface area (Å²) in [6.45, 7) is 2.09. The van der Waals surface area contributed by atoms with Gasteiger partial charge in [-0.05, 0) is 31.4 Å². The first-order valence-electron chi connectivity index (χ1n) is 10.2. The molecule has 0 saturated heterocycles. The molecule has 1 fully saturated rings. The van der Waals surface area contributed by atoms with Gasteiger partial charge < -0.3 is 14.8 Å². The summed E-state index contributed by atoms with van der Waals surface area (Å²) < 4.78 is 0. The molecular formula is C22H25N5O. The molecule has 3 aromatic rings. The topological polar surface area (TPSA) is 65.1 Å². The average Bonchev–Trinajstić information content (AvgIpc) is 3.39. The number of fused-ring (bicyclic) bond motifs is 2. The maximum absolute atomic E-state index is 13.0. The number of H-pyrrole nitrogens is 1. The Hall–Kier alpha value is -2.89. The Morgan fingerprint density at radius 2 is 2.00 bits per heavy atom. The maximum Gasteiger partial charge on any atom is 0.249 e. The van der Waals surface area contributed by atoms with Crippen molar-refractivity contribution in [1.82, 2.24) is 15.0 Å². The molecule has 5 rings (SSSR count). The van der Waals surface area contributed by atoms with Crippen LogP contribution >= 0.6 is 0 Å². The van der Waals surface area contributed by atoms with Crippen molar-refractivity contribution in [3.05, 3.63) is 36.5 Å². The lowest BCUT2D eigenvalue weighted by Crippen LogP contribution is -2.55. The Balaban J connectivity index is 1.64. The van der Waals surface area contributed by atoms with E-state index in [9.17, 15) is 4.79 Å². The van der Waals surface area contributed by atoms with Crippen molar-refractivity contribution < 1.29 is 4.79 Å². The van der Waals surface area contributed by atoms with Crippen LogP contribution in [-0.4, -0.2) is 40.0 Å². The summed E-state index contributed by atoms with van der Waals surface area (Å²) in [6, 6.07) is 10.5. The molecule has 28 heavy (non-hydrogen) atoms. The predicted octanol–water partition coefficient (Wildman–Crippen LogP) is 4.13. The van der Waals surface area contributed by atoms with Crippen LogP contribution in [0.4, 0.5) is 11.5 Å². The third-order valence-electron chi connectivity index (χ3n) is 6.18. The van der Waals surface area contributed by atoms with Gasteiger partial charge >= 0.3 is 0 Å². The second-order valence-corrected chi connectivity index (χ2v) is 7.84. The summed E-state index contributed by atoms with van der Waals surface area (Å²) >= 11 is 0. The summed E-state index contributed by atoms with van der Waals surface area (Å²) in [5.74, 6) is 1.71. The maximum atomic E-state index is 13.0. The summed E-state index contributed by atoms with van der Waals surface area (Å²) in [7, 11) is 1.84. The van der Waals surface area contributed by atoms with Crippen molar-refractivity contribution in [1.29, 1.82) is 0 Å². The second-order valence-electron chi connectivity index (χ2n) is 7.84. The van der Waals surface area contributed by atoms with Crippen molar-refractivity contribution in [2.24, 2.45) is 0 Å². The lowest BCUT2D eigenvalue weighted by Gasteiger charge is -2.43. The number of hydrogen-bond acceptors (Lipinski definition) is 4. The number of para-hydroxylation sites is 1. The number of aromatic amines is 1. The monoisotopic (exact) mass is 375 g/mol. The van der Waals surface area contributed by atoms with Crippen molar-refractivity contribution in [3.63, 3.8) is 0 Å². The van der Waals surface area contributed by atoms with Crippen LogP contribution < -0.4 is 9.80 Å². The van der Waals surface area contributed by atoms with Gasteiger partial charge in [-0.2, -0.15) is 0 Å². The lowest BCUT2D eigenvalue weighted by molar-refractivity contribution is -0.120. The van der Waals surface area contributed by atoms with Gasteiger partial charge in [0, 0.05) is 24.0 Å². The molecule has 1 saturated carbocycles. The van der Waals surface area contributed by atoms with Crippen molar-refractivity contribution in [2.45, 2.75) is 51.1 Å². The molecular weight excluding hydrogens is 350 g/mol. The molecule has 2 aromatic heterocycles. The van der Waals surface area contributed by atoms with Crippen LogP contribution in [-0.2, 0) is 4.79 Å². The number of carbonyl (C=O) groups is 1. The highest BCUT2D eigenvalue weighted by Gasteiger charge is 2.41. The first-order chi connectivity index (χ1) is 13.7. The normalized spacial score (nSPS) is 20.2. The summed E-state index contributed by atoms with van der Waals surface area (Å²) in [5.41, 5.74) is 2.79. The predicted molar refractivity (Wildman–Crippen MR) is 112 cm³/mol. The number of rotatable bonds is 3. The Labute approximate surface area is 164 Å². The molecule has 3 heterocycles. The third kappa shape index (κ3) is 2.58. The van der Waals surface area contributed by atoms with Gasteiger partial charge in [-0.1, -0.05) is 38.0 Å². The van der Waals surface area contributed by atoms with Crippen molar-refractivity contribution >= 4 is 28.3 Å². The summed E-state index contributed by atoms with van der Waals surface area (Å²) in [5, 5.41) is 1.14. The van der Waals surface area contributed by atoms with Crippen LogP contribution in [0.15, 0.2) is 36.5 Å². The third-order valence-corrected chi connectivity index (χ3v) is 6.18. The molecule has 1 aliphatic carbocycles. The number of nitrogens with one attached hydrogen (secondary N) is 1. The fourth-order valence-corrected chi connectivity index (χ4v) is 4.71. The molecule has 0 spiro atoms. The smallest absolute Gasteiger partial charge is 0.249 e. The molecule has 1 amide bonds. The van der Waals surface area contributed by atoms with Crippen LogP contribution in [0.25, 0.3) is 22.4 Å². The highest BCUT2D eigenvalue weighted by Crippen LogP contribution is 2.40. The van der Waals surface area contributed by atoms with Crippen LogP contribution in [0.2, 0.25) is 0 Å². The Bertz CT molecular complexity index is 1000. The molecule has 0 radical (unpaired) electrons. The van der Waals surface area contributed by atoms with Crippen LogP contribution in [0, 0.1) is 0 Å². The van der Waals surface area contributed by atoms with Crippen molar-refractivity contribution in [2.75, 3.05) is 16.8 Å². The van der Waals surface area contributed by atoms with E-state index < -0.39 is 0 Å². The van der Waals surface area contributed by atoms with E-state index in [0.29, 0.717) is 11.9 Å². The first kappa shape index (κ1) is 17.2. The fourth-order valence-electron chi connectivity index (χ4n) is 4.71. The van der Waals surface area contributed by atoms with Crippen LogP contribution in [0.3, 0.4) is 0 Å². The molecule has 144 valence electrons. The molecule has 6 heteroatoms. The molecule has 6 nitrogen and oxygen atoms in total. The Morgan fingerprint density at radius 1 is 1.21 bits per heavy atom. The number of aromatic nitrogens is 3. The summed E-state index contributed by atoms with van der Waals surface area (Å²) in [4.78, 5) is 30.0. The molecule has 1 unspecified atom stereocenters. The Morgan fingerprint density at radius 3 is 2.75 bits per heavy atom. The van der Waals surface area contributed by atoms with Gasteiger partial charge in [0.1, 0.15) is 11.7 Å². The van der Waals surface area contributed by atoms with E-state index in [4.69, 9.17) is 4.98 Å². The molecule has 1 atom stereocenters. The van der Waals surface area contributed by atoms with Crippen LogP contribution in [0.5, 0.6) is 0 Å². The molecule has 1 N–H and O–H groups in total. The second kappa shape index (κ2) is 6.62. The van der Waals surface area contributed by atoms with E-state index in [1.165, 1.54) is 12.8 Å². The fraction of sp³-hybridized carbons (Fsp3) is 0.409. The van der Waals surface area contributed by atoms with E-state index in [-0.39, 0.29) is 11.9 Å². The minimum Gasteiger partial charge on any atom is -0.352 e. The van der Waals surface area contributed by atoms with E-state index in [2.05, 4.69) is 40.0 Å². The Kier molecular flexibility index (Phi) is 4.07. The molecule has 2 aliphatic rings. The van der Waals surface area contributed by atoms with E-state index >= 15 is 0 Å². The number of nitrogens with zero attached hydrogens (tertiary/aromatic N) is 4. The van der Waals surface area contributed by atoms with Gasteiger partial charge in [0.25, 0.3) is 0 Å². The zero-order valence-electron chi connectivity index (χ0n) is 16.4. The SMILES string of the molecule is CCC1C(=O)N(C)c2cnc(-c3cc4ccccc4[nH]3)nc2N1C1CCCC1. The van der Waals surface area contributed by atoms with E-state index in [0.717, 1.165) is 47.4 Å². The van der Waals surface area contributed by atoms with Crippen molar-refractivity contribution in [3.8, 4) is 11.5 Å². The van der Waals surface area contributed by atoms with Gasteiger partial charge in [-0.25, -0.2) is 9.97 Å². The lowest BCUT2D eigenvalue weighted by atomic mass is 10.0. The molecule has 1 aliphatic heterocycles. The van der Waals surface area contributed by atoms with E-state index in [1.807, 2.05) is 19.2 Å². The number of likely N-dealkylation sites (N-methyl/N-ethyl adjacent to an activating group) is 1. The largest absolute Gasteiger partial charge is 0.352 e. The average molecular weight is 375 g/mol. The van der Waals surface area contributed by atoms with Crippen LogP contribution in [0.1, 0.15) is 39.0 Å². The minimum atomic E-state index is -0.147. The highest BCUT2D eigenvalue weighted by atomic mass is 16.2. The number of hydrogen-bond donors (Lipinski definition) is 1. The minimum absolute atomic E-state index is 0.142. The molecule has 0 bridgehead atoms. The number of amides is 1. The van der Waals surface area contributed by atoms with Gasteiger partial charge in [0.2, 0.25) is 5.91 Å². The quantitative estimate of drug-likeness (QED) is 0.748. The number of benzene rings is 1. The number of anilines is 2.